The molecule has 0 spiro atoms. The Morgan fingerprint density at radius 3 is 2.93 bits per heavy atom. The Hall–Kier alpha value is -3.42. The summed E-state index contributed by atoms with van der Waals surface area (Å²) in [6.45, 7) is 2.23. The van der Waals surface area contributed by atoms with Crippen LogP contribution in [-0.4, -0.2) is 29.4 Å². The largest absolute Gasteiger partial charge is 0.454 e. The summed E-state index contributed by atoms with van der Waals surface area (Å²) >= 11 is 0. The zero-order valence-corrected chi connectivity index (χ0v) is 15.0. The third kappa shape index (κ3) is 2.69. The molecule has 3 aromatic rings. The molecule has 0 radical (unpaired) electrons. The molecule has 1 atom stereocenters. The van der Waals surface area contributed by atoms with Crippen molar-refractivity contribution in [2.45, 2.75) is 19.3 Å². The molecule has 28 heavy (non-hydrogen) atoms. The normalized spacial score (nSPS) is 18.1. The van der Waals surface area contributed by atoms with Crippen LogP contribution in [0.15, 0.2) is 40.9 Å². The predicted octanol–water partition coefficient (Wildman–Crippen LogP) is 3.43. The lowest BCUT2D eigenvalue weighted by Crippen LogP contribution is -2.25. The fourth-order valence-electron chi connectivity index (χ4n) is 3.55. The van der Waals surface area contributed by atoms with Gasteiger partial charge in [-0.25, -0.2) is 4.39 Å². The lowest BCUT2D eigenvalue weighted by molar-refractivity contribution is -0.117. The van der Waals surface area contributed by atoms with E-state index in [1.807, 2.05) is 6.07 Å². The molecule has 142 valence electrons. The number of anilines is 1. The Labute approximate surface area is 159 Å². The summed E-state index contributed by atoms with van der Waals surface area (Å²) in [5, 5.41) is 4.06. The van der Waals surface area contributed by atoms with Crippen molar-refractivity contribution in [3.05, 3.63) is 53.6 Å². The van der Waals surface area contributed by atoms with Gasteiger partial charge in [0.2, 0.25) is 12.7 Å². The molecule has 1 unspecified atom stereocenters. The number of fused-ring (bicyclic) bond motifs is 1. The first-order valence-corrected chi connectivity index (χ1v) is 8.89. The summed E-state index contributed by atoms with van der Waals surface area (Å²) < 4.78 is 29.9. The Morgan fingerprint density at radius 2 is 2.04 bits per heavy atom. The molecule has 0 N–H and O–H groups in total. The molecular formula is C20H16FN3O4. The van der Waals surface area contributed by atoms with E-state index >= 15 is 0 Å². The highest BCUT2D eigenvalue weighted by atomic mass is 19.1. The topological polar surface area (TPSA) is 77.7 Å². The molecule has 1 fully saturated rings. The minimum absolute atomic E-state index is 0.0897. The molecule has 1 aromatic heterocycles. The summed E-state index contributed by atoms with van der Waals surface area (Å²) in [4.78, 5) is 18.6. The number of halogens is 1. The van der Waals surface area contributed by atoms with Crippen molar-refractivity contribution in [2.75, 3.05) is 18.2 Å². The monoisotopic (exact) mass is 381 g/mol. The van der Waals surface area contributed by atoms with E-state index in [1.54, 1.807) is 36.1 Å². The standard InChI is InChI=1S/C20H16FN3O4/c1-11-14(21)3-2-4-15(11)24-9-13(8-18(24)25)19-22-20(28-23-19)12-5-6-16-17(7-12)27-10-26-16/h2-7,13H,8-10H2,1H3. The van der Waals surface area contributed by atoms with Crippen LogP contribution < -0.4 is 14.4 Å². The van der Waals surface area contributed by atoms with Crippen LogP contribution in [0.5, 0.6) is 11.5 Å². The maximum atomic E-state index is 13.9. The highest BCUT2D eigenvalue weighted by Gasteiger charge is 2.35. The number of ether oxygens (including phenoxy) is 2. The number of rotatable bonds is 3. The average Bonchev–Trinajstić information content (AvgIpc) is 3.42. The maximum Gasteiger partial charge on any atom is 0.258 e. The van der Waals surface area contributed by atoms with E-state index in [9.17, 15) is 9.18 Å². The van der Waals surface area contributed by atoms with Crippen LogP contribution in [0.4, 0.5) is 10.1 Å². The Bertz CT molecular complexity index is 1080. The van der Waals surface area contributed by atoms with Crippen molar-refractivity contribution in [2.24, 2.45) is 0 Å². The predicted molar refractivity (Wildman–Crippen MR) is 96.7 cm³/mol. The number of benzene rings is 2. The van der Waals surface area contributed by atoms with E-state index in [0.717, 1.165) is 0 Å². The van der Waals surface area contributed by atoms with Crippen LogP contribution in [0.1, 0.15) is 23.7 Å². The van der Waals surface area contributed by atoms with E-state index in [4.69, 9.17) is 14.0 Å². The number of hydrogen-bond donors (Lipinski definition) is 0. The lowest BCUT2D eigenvalue weighted by atomic mass is 10.1. The van der Waals surface area contributed by atoms with Crippen LogP contribution in [0, 0.1) is 12.7 Å². The van der Waals surface area contributed by atoms with Crippen molar-refractivity contribution < 1.29 is 23.2 Å². The second-order valence-corrected chi connectivity index (χ2v) is 6.82. The maximum absolute atomic E-state index is 13.9. The molecular weight excluding hydrogens is 365 g/mol. The lowest BCUT2D eigenvalue weighted by Gasteiger charge is -2.18. The van der Waals surface area contributed by atoms with E-state index in [2.05, 4.69) is 10.1 Å². The van der Waals surface area contributed by atoms with E-state index in [1.165, 1.54) is 6.07 Å². The summed E-state index contributed by atoms with van der Waals surface area (Å²) in [6.07, 6.45) is 0.246. The van der Waals surface area contributed by atoms with Gasteiger partial charge >= 0.3 is 0 Å². The van der Waals surface area contributed by atoms with E-state index < -0.39 is 0 Å². The molecule has 2 aliphatic heterocycles. The number of hydrogen-bond acceptors (Lipinski definition) is 6. The van der Waals surface area contributed by atoms with Gasteiger partial charge in [-0.1, -0.05) is 11.2 Å². The third-order valence-electron chi connectivity index (χ3n) is 5.08. The molecule has 0 saturated carbocycles. The average molecular weight is 381 g/mol. The Kier molecular flexibility index (Phi) is 3.78. The van der Waals surface area contributed by atoms with Crippen LogP contribution in [0.2, 0.25) is 0 Å². The zero-order valence-electron chi connectivity index (χ0n) is 15.0. The van der Waals surface area contributed by atoms with Crippen LogP contribution in [0.3, 0.4) is 0 Å². The molecule has 8 heteroatoms. The quantitative estimate of drug-likeness (QED) is 0.692. The highest BCUT2D eigenvalue weighted by Crippen LogP contribution is 2.37. The second kappa shape index (κ2) is 6.33. The van der Waals surface area contributed by atoms with Gasteiger partial charge in [0, 0.05) is 35.7 Å². The smallest absolute Gasteiger partial charge is 0.258 e. The van der Waals surface area contributed by atoms with Crippen LogP contribution in [-0.2, 0) is 4.79 Å². The molecule has 0 bridgehead atoms. The minimum atomic E-state index is -0.335. The van der Waals surface area contributed by atoms with E-state index in [0.29, 0.717) is 46.6 Å². The minimum Gasteiger partial charge on any atom is -0.454 e. The number of carbonyl (C=O) groups is 1. The first kappa shape index (κ1) is 16.7. The number of nitrogens with zero attached hydrogens (tertiary/aromatic N) is 3. The molecule has 5 rings (SSSR count). The van der Waals surface area contributed by atoms with Crippen molar-refractivity contribution in [3.63, 3.8) is 0 Å². The van der Waals surface area contributed by atoms with Gasteiger partial charge in [0.15, 0.2) is 17.3 Å². The SMILES string of the molecule is Cc1c(F)cccc1N1CC(c2noc(-c3ccc4c(c3)OCO4)n2)CC1=O. The third-order valence-corrected chi connectivity index (χ3v) is 5.08. The summed E-state index contributed by atoms with van der Waals surface area (Å²) in [7, 11) is 0. The van der Waals surface area contributed by atoms with Gasteiger partial charge in [-0.3, -0.25) is 4.79 Å². The summed E-state index contributed by atoms with van der Waals surface area (Å²) in [6, 6.07) is 10.1. The van der Waals surface area contributed by atoms with Gasteiger partial charge in [-0.2, -0.15) is 4.98 Å². The molecule has 3 heterocycles. The van der Waals surface area contributed by atoms with E-state index in [-0.39, 0.29) is 30.9 Å². The first-order valence-electron chi connectivity index (χ1n) is 8.89. The summed E-state index contributed by atoms with van der Waals surface area (Å²) in [5.41, 5.74) is 1.74. The van der Waals surface area contributed by atoms with Crippen molar-refractivity contribution in [1.29, 1.82) is 0 Å². The van der Waals surface area contributed by atoms with Gasteiger partial charge in [0.1, 0.15) is 5.82 Å². The first-order chi connectivity index (χ1) is 13.6. The number of carbonyl (C=O) groups excluding carboxylic acids is 1. The Balaban J connectivity index is 1.39. The van der Waals surface area contributed by atoms with Crippen molar-refractivity contribution >= 4 is 11.6 Å². The number of aromatic nitrogens is 2. The van der Waals surface area contributed by atoms with Crippen LogP contribution >= 0.6 is 0 Å². The number of amides is 1. The van der Waals surface area contributed by atoms with Crippen molar-refractivity contribution in [3.8, 4) is 23.0 Å². The van der Waals surface area contributed by atoms with Gasteiger partial charge in [-0.05, 0) is 37.3 Å². The fourth-order valence-corrected chi connectivity index (χ4v) is 3.55. The highest BCUT2D eigenvalue weighted by molar-refractivity contribution is 5.97. The molecule has 2 aliphatic rings. The Morgan fingerprint density at radius 1 is 1.18 bits per heavy atom. The molecule has 1 amide bonds. The zero-order chi connectivity index (χ0) is 19.3. The van der Waals surface area contributed by atoms with Gasteiger partial charge < -0.3 is 18.9 Å². The molecule has 2 aromatic carbocycles. The van der Waals surface area contributed by atoms with Gasteiger partial charge in [0.05, 0.1) is 0 Å². The van der Waals surface area contributed by atoms with Crippen LogP contribution in [0.25, 0.3) is 11.5 Å². The second-order valence-electron chi connectivity index (χ2n) is 6.82. The molecule has 0 aliphatic carbocycles. The van der Waals surface area contributed by atoms with Crippen molar-refractivity contribution in [1.82, 2.24) is 10.1 Å². The summed E-state index contributed by atoms with van der Waals surface area (Å²) in [5.74, 6) is 1.46. The fraction of sp³-hybridized carbons (Fsp3) is 0.250. The molecule has 7 nitrogen and oxygen atoms in total. The van der Waals surface area contributed by atoms with Gasteiger partial charge in [0.25, 0.3) is 5.89 Å². The molecule has 1 saturated heterocycles. The van der Waals surface area contributed by atoms with Gasteiger partial charge in [-0.15, -0.1) is 0 Å².